The first kappa shape index (κ1) is 17.3. The highest BCUT2D eigenvalue weighted by Crippen LogP contribution is 2.30. The van der Waals surface area contributed by atoms with Crippen LogP contribution in [-0.2, 0) is 6.42 Å². The number of aliphatic imine (C=N–C) groups is 1. The number of aromatic hydroxyl groups is 1. The van der Waals surface area contributed by atoms with Crippen LogP contribution >= 0.6 is 0 Å². The first-order chi connectivity index (χ1) is 12.5. The standard InChI is InChI=1S/C20H17N3O3/c1-14-10-17(20(24)19(11-14)23(25)26)13-22-18-4-2-15(3-5-18)12-16-6-8-21-9-7-16/h2-11,13,24H,12H2,1H3. The second-order valence-electron chi connectivity index (χ2n) is 5.94. The first-order valence-electron chi connectivity index (χ1n) is 8.03. The van der Waals surface area contributed by atoms with E-state index in [1.165, 1.54) is 17.8 Å². The number of hydrogen-bond donors (Lipinski definition) is 1. The van der Waals surface area contributed by atoms with Gasteiger partial charge in [-0.05, 0) is 60.4 Å². The molecule has 0 aliphatic heterocycles. The smallest absolute Gasteiger partial charge is 0.311 e. The minimum atomic E-state index is -0.604. The van der Waals surface area contributed by atoms with Crippen LogP contribution in [-0.4, -0.2) is 21.2 Å². The van der Waals surface area contributed by atoms with E-state index in [4.69, 9.17) is 0 Å². The van der Waals surface area contributed by atoms with Crippen LogP contribution < -0.4 is 0 Å². The lowest BCUT2D eigenvalue weighted by Gasteiger charge is -2.03. The van der Waals surface area contributed by atoms with E-state index in [-0.39, 0.29) is 11.4 Å². The zero-order valence-corrected chi connectivity index (χ0v) is 14.2. The zero-order valence-electron chi connectivity index (χ0n) is 14.2. The molecule has 0 fully saturated rings. The maximum atomic E-state index is 11.0. The van der Waals surface area contributed by atoms with Gasteiger partial charge in [-0.2, -0.15) is 0 Å². The van der Waals surface area contributed by atoms with Gasteiger partial charge in [0.2, 0.25) is 5.75 Å². The van der Waals surface area contributed by atoms with Crippen molar-refractivity contribution in [2.45, 2.75) is 13.3 Å². The van der Waals surface area contributed by atoms with Gasteiger partial charge in [-0.25, -0.2) is 0 Å². The molecule has 6 heteroatoms. The van der Waals surface area contributed by atoms with Gasteiger partial charge < -0.3 is 5.11 Å². The molecule has 3 aromatic rings. The molecule has 130 valence electrons. The minimum absolute atomic E-state index is 0.317. The Kier molecular flexibility index (Phi) is 5.03. The van der Waals surface area contributed by atoms with Crippen LogP contribution in [0.15, 0.2) is 65.9 Å². The molecule has 3 rings (SSSR count). The lowest BCUT2D eigenvalue weighted by atomic mass is 10.1. The Labute approximate surface area is 150 Å². The van der Waals surface area contributed by atoms with E-state index >= 15 is 0 Å². The summed E-state index contributed by atoms with van der Waals surface area (Å²) >= 11 is 0. The van der Waals surface area contributed by atoms with Crippen LogP contribution in [0.2, 0.25) is 0 Å². The van der Waals surface area contributed by atoms with Crippen molar-refractivity contribution in [3.63, 3.8) is 0 Å². The highest BCUT2D eigenvalue weighted by atomic mass is 16.6. The average Bonchev–Trinajstić information content (AvgIpc) is 2.64. The Balaban J connectivity index is 1.78. The van der Waals surface area contributed by atoms with Crippen molar-refractivity contribution < 1.29 is 10.0 Å². The number of hydrogen-bond acceptors (Lipinski definition) is 5. The summed E-state index contributed by atoms with van der Waals surface area (Å²) in [6.45, 7) is 1.73. The lowest BCUT2D eigenvalue weighted by molar-refractivity contribution is -0.385. The molecule has 0 unspecified atom stereocenters. The van der Waals surface area contributed by atoms with Gasteiger partial charge in [-0.3, -0.25) is 20.1 Å². The number of nitrogens with zero attached hydrogens (tertiary/aromatic N) is 3. The maximum Gasteiger partial charge on any atom is 0.311 e. The zero-order chi connectivity index (χ0) is 18.5. The van der Waals surface area contributed by atoms with Crippen molar-refractivity contribution in [2.24, 2.45) is 4.99 Å². The third kappa shape index (κ3) is 4.10. The fourth-order valence-electron chi connectivity index (χ4n) is 2.61. The van der Waals surface area contributed by atoms with Gasteiger partial charge >= 0.3 is 5.69 Å². The summed E-state index contributed by atoms with van der Waals surface area (Å²) in [5.74, 6) is -0.376. The van der Waals surface area contributed by atoms with Gasteiger partial charge in [0, 0.05) is 30.2 Å². The van der Waals surface area contributed by atoms with Gasteiger partial charge in [0.25, 0.3) is 0 Å². The molecule has 26 heavy (non-hydrogen) atoms. The molecule has 0 saturated carbocycles. The molecule has 0 bridgehead atoms. The summed E-state index contributed by atoms with van der Waals surface area (Å²) in [5.41, 5.74) is 3.70. The third-order valence-corrected chi connectivity index (χ3v) is 3.91. The number of nitro benzene ring substituents is 1. The second-order valence-corrected chi connectivity index (χ2v) is 5.94. The number of pyridine rings is 1. The van der Waals surface area contributed by atoms with Crippen molar-refractivity contribution in [3.05, 3.63) is 93.3 Å². The molecule has 6 nitrogen and oxygen atoms in total. The van der Waals surface area contributed by atoms with Crippen LogP contribution in [0.3, 0.4) is 0 Å². The van der Waals surface area contributed by atoms with Crippen LogP contribution in [0.1, 0.15) is 22.3 Å². The molecule has 0 radical (unpaired) electrons. The molecule has 1 heterocycles. The Morgan fingerprint density at radius 1 is 1.12 bits per heavy atom. The van der Waals surface area contributed by atoms with E-state index < -0.39 is 4.92 Å². The summed E-state index contributed by atoms with van der Waals surface area (Å²) in [5, 5.41) is 21.0. The Morgan fingerprint density at radius 3 is 2.42 bits per heavy atom. The fraction of sp³-hybridized carbons (Fsp3) is 0.100. The summed E-state index contributed by atoms with van der Waals surface area (Å²) in [6.07, 6.45) is 5.77. The predicted molar refractivity (Wildman–Crippen MR) is 100 cm³/mol. The lowest BCUT2D eigenvalue weighted by Crippen LogP contribution is -1.93. The number of benzene rings is 2. The summed E-state index contributed by atoms with van der Waals surface area (Å²) in [4.78, 5) is 18.7. The summed E-state index contributed by atoms with van der Waals surface area (Å²) in [6, 6.07) is 14.6. The van der Waals surface area contributed by atoms with E-state index in [0.29, 0.717) is 16.8 Å². The van der Waals surface area contributed by atoms with Crippen molar-refractivity contribution in [1.29, 1.82) is 0 Å². The third-order valence-electron chi connectivity index (χ3n) is 3.91. The average molecular weight is 347 g/mol. The number of aromatic nitrogens is 1. The van der Waals surface area contributed by atoms with Gasteiger partial charge in [0.05, 0.1) is 10.6 Å². The molecular formula is C20H17N3O3. The monoisotopic (exact) mass is 347 g/mol. The number of aryl methyl sites for hydroxylation is 1. The normalized spacial score (nSPS) is 11.0. The van der Waals surface area contributed by atoms with Gasteiger partial charge in [-0.15, -0.1) is 0 Å². The van der Waals surface area contributed by atoms with Crippen LogP contribution in [0, 0.1) is 17.0 Å². The molecule has 0 atom stereocenters. The van der Waals surface area contributed by atoms with Crippen molar-refractivity contribution in [3.8, 4) is 5.75 Å². The van der Waals surface area contributed by atoms with E-state index in [9.17, 15) is 15.2 Å². The predicted octanol–water partition coefficient (Wildman–Crippen LogP) is 4.35. The van der Waals surface area contributed by atoms with E-state index in [2.05, 4.69) is 9.98 Å². The van der Waals surface area contributed by atoms with Crippen molar-refractivity contribution in [1.82, 2.24) is 4.98 Å². The SMILES string of the molecule is Cc1cc(C=Nc2ccc(Cc3ccncc3)cc2)c(O)c([N+](=O)[O-])c1. The molecule has 0 spiro atoms. The molecule has 0 aliphatic carbocycles. The van der Waals surface area contributed by atoms with E-state index in [0.717, 1.165) is 12.0 Å². The van der Waals surface area contributed by atoms with E-state index in [1.807, 2.05) is 36.4 Å². The summed E-state index contributed by atoms with van der Waals surface area (Å²) < 4.78 is 0. The second kappa shape index (κ2) is 7.57. The number of rotatable bonds is 5. The van der Waals surface area contributed by atoms with Crippen molar-refractivity contribution >= 4 is 17.6 Å². The molecule has 1 aromatic heterocycles. The molecule has 0 amide bonds. The molecule has 1 N–H and O–H groups in total. The number of phenolic OH excluding ortho intramolecular Hbond substituents is 1. The first-order valence-corrected chi connectivity index (χ1v) is 8.03. The van der Waals surface area contributed by atoms with Gasteiger partial charge in [0.15, 0.2) is 0 Å². The highest BCUT2D eigenvalue weighted by Gasteiger charge is 2.16. The largest absolute Gasteiger partial charge is 0.502 e. The molecule has 2 aromatic carbocycles. The topological polar surface area (TPSA) is 88.6 Å². The highest BCUT2D eigenvalue weighted by molar-refractivity contribution is 5.87. The Morgan fingerprint density at radius 2 is 1.77 bits per heavy atom. The van der Waals surface area contributed by atoms with E-state index in [1.54, 1.807) is 25.4 Å². The Bertz CT molecular complexity index is 952. The Hall–Kier alpha value is -3.54. The fourth-order valence-corrected chi connectivity index (χ4v) is 2.61. The van der Waals surface area contributed by atoms with Gasteiger partial charge in [0.1, 0.15) is 0 Å². The molecular weight excluding hydrogens is 330 g/mol. The van der Waals surface area contributed by atoms with Gasteiger partial charge in [-0.1, -0.05) is 12.1 Å². The van der Waals surface area contributed by atoms with Crippen LogP contribution in [0.5, 0.6) is 5.75 Å². The number of nitro groups is 1. The molecule has 0 saturated heterocycles. The van der Waals surface area contributed by atoms with Crippen LogP contribution in [0.4, 0.5) is 11.4 Å². The summed E-state index contributed by atoms with van der Waals surface area (Å²) in [7, 11) is 0. The van der Waals surface area contributed by atoms with Crippen molar-refractivity contribution in [2.75, 3.05) is 0 Å². The van der Waals surface area contributed by atoms with Crippen LogP contribution in [0.25, 0.3) is 0 Å². The maximum absolute atomic E-state index is 11.0. The number of phenols is 1. The molecule has 0 aliphatic rings. The minimum Gasteiger partial charge on any atom is -0.502 e. The quantitative estimate of drug-likeness (QED) is 0.422.